The molecule has 0 aromatic rings. The summed E-state index contributed by atoms with van der Waals surface area (Å²) in [6.45, 7) is 17.5. The van der Waals surface area contributed by atoms with Gasteiger partial charge in [-0.05, 0) is 131 Å². The molecule has 0 heterocycles. The van der Waals surface area contributed by atoms with Crippen LogP contribution >= 0.6 is 0 Å². The average molecular weight is 590 g/mol. The second-order valence-electron chi connectivity index (χ2n) is 16.1. The summed E-state index contributed by atoms with van der Waals surface area (Å²) in [5.74, 6) is 4.19. The molecule has 6 nitrogen and oxygen atoms in total. The highest BCUT2D eigenvalue weighted by molar-refractivity contribution is 5.66. The molecule has 0 aromatic heterocycles. The van der Waals surface area contributed by atoms with E-state index in [0.717, 1.165) is 88.4 Å². The lowest BCUT2D eigenvalue weighted by molar-refractivity contribution is -0.237. The first-order chi connectivity index (χ1) is 20.0. The third-order valence-corrected chi connectivity index (χ3v) is 13.1. The van der Waals surface area contributed by atoms with Crippen LogP contribution < -0.4 is 16.4 Å². The lowest BCUT2D eigenvalue weighted by Crippen LogP contribution is -2.71. The van der Waals surface area contributed by atoms with Crippen molar-refractivity contribution < 1.29 is 14.6 Å². The molecule has 1 unspecified atom stereocenters. The van der Waals surface area contributed by atoms with Crippen molar-refractivity contribution in [3.05, 3.63) is 0 Å². The van der Waals surface area contributed by atoms with Crippen molar-refractivity contribution in [3.63, 3.8) is 0 Å². The van der Waals surface area contributed by atoms with Crippen molar-refractivity contribution in [1.82, 2.24) is 10.6 Å². The molecule has 5 N–H and O–H groups in total. The normalized spacial score (nSPS) is 40.3. The molecule has 0 saturated heterocycles. The van der Waals surface area contributed by atoms with Gasteiger partial charge in [-0.3, -0.25) is 4.79 Å². The molecule has 244 valence electrons. The van der Waals surface area contributed by atoms with E-state index in [9.17, 15) is 9.90 Å². The zero-order chi connectivity index (χ0) is 30.5. The quantitative estimate of drug-likeness (QED) is 0.130. The van der Waals surface area contributed by atoms with Crippen LogP contribution in [0.15, 0.2) is 0 Å². The minimum absolute atomic E-state index is 0.0456. The first-order valence-corrected chi connectivity index (χ1v) is 18.0. The Hall–Kier alpha value is -0.690. The third kappa shape index (κ3) is 7.07. The number of carbonyl (C=O) groups is 1. The topological polar surface area (TPSA) is 96.6 Å². The SMILES string of the molecule is CC(=O)O[C@H]1CC[C@]2(C)[C@H]3CC[C@]4(C)[C@@H]([C@H](C)CCCC(C)C)CC[C@H]4C3C[C@@H](NCCCNCCCCN)[C@@]2(O)C1. The van der Waals surface area contributed by atoms with Crippen LogP contribution in [-0.2, 0) is 9.53 Å². The van der Waals surface area contributed by atoms with Crippen molar-refractivity contribution in [1.29, 1.82) is 0 Å². The molecule has 0 amide bonds. The zero-order valence-electron chi connectivity index (χ0n) is 28.2. The van der Waals surface area contributed by atoms with E-state index in [1.807, 2.05) is 0 Å². The number of fused-ring (bicyclic) bond motifs is 5. The maximum atomic E-state index is 12.7. The molecule has 42 heavy (non-hydrogen) atoms. The van der Waals surface area contributed by atoms with E-state index in [1.54, 1.807) is 0 Å². The van der Waals surface area contributed by atoms with Gasteiger partial charge in [-0.15, -0.1) is 0 Å². The molecule has 4 rings (SSSR count). The molecule has 4 aliphatic carbocycles. The van der Waals surface area contributed by atoms with Gasteiger partial charge in [0.2, 0.25) is 0 Å². The van der Waals surface area contributed by atoms with Gasteiger partial charge in [0.05, 0.1) is 5.60 Å². The van der Waals surface area contributed by atoms with E-state index in [-0.39, 0.29) is 23.5 Å². The van der Waals surface area contributed by atoms with Gasteiger partial charge in [-0.25, -0.2) is 0 Å². The molecule has 0 radical (unpaired) electrons. The fraction of sp³-hybridized carbons (Fsp3) is 0.972. The van der Waals surface area contributed by atoms with Gasteiger partial charge in [-0.2, -0.15) is 0 Å². The summed E-state index contributed by atoms with van der Waals surface area (Å²) in [6.07, 6.45) is 15.9. The third-order valence-electron chi connectivity index (χ3n) is 13.1. The number of hydrogen-bond donors (Lipinski definition) is 4. The fourth-order valence-corrected chi connectivity index (χ4v) is 10.9. The molecule has 0 aromatic carbocycles. The van der Waals surface area contributed by atoms with E-state index in [0.29, 0.717) is 23.7 Å². The van der Waals surface area contributed by atoms with Crippen LogP contribution in [0.4, 0.5) is 0 Å². The van der Waals surface area contributed by atoms with Crippen LogP contribution in [0, 0.1) is 46.3 Å². The van der Waals surface area contributed by atoms with E-state index >= 15 is 0 Å². The summed E-state index contributed by atoms with van der Waals surface area (Å²) in [7, 11) is 0. The average Bonchev–Trinajstić information content (AvgIpc) is 3.28. The van der Waals surface area contributed by atoms with Gasteiger partial charge in [0.25, 0.3) is 0 Å². The Morgan fingerprint density at radius 1 is 0.952 bits per heavy atom. The van der Waals surface area contributed by atoms with E-state index in [1.165, 1.54) is 51.9 Å². The van der Waals surface area contributed by atoms with Crippen LogP contribution in [0.25, 0.3) is 0 Å². The molecule has 4 saturated carbocycles. The maximum Gasteiger partial charge on any atom is 0.302 e. The Morgan fingerprint density at radius 3 is 2.43 bits per heavy atom. The van der Waals surface area contributed by atoms with Gasteiger partial charge < -0.3 is 26.2 Å². The Morgan fingerprint density at radius 2 is 1.71 bits per heavy atom. The van der Waals surface area contributed by atoms with Crippen LogP contribution in [0.1, 0.15) is 131 Å². The summed E-state index contributed by atoms with van der Waals surface area (Å²) in [5.41, 5.74) is 5.07. The molecule has 0 bridgehead atoms. The predicted octanol–water partition coefficient (Wildman–Crippen LogP) is 6.44. The monoisotopic (exact) mass is 590 g/mol. The maximum absolute atomic E-state index is 12.7. The molecular formula is C36H67N3O3. The molecule has 0 spiro atoms. The number of rotatable bonds is 15. The molecule has 10 atom stereocenters. The number of ether oxygens (including phenoxy) is 1. The zero-order valence-corrected chi connectivity index (χ0v) is 28.2. The number of esters is 1. The smallest absolute Gasteiger partial charge is 0.302 e. The Bertz CT molecular complexity index is 868. The molecule has 4 aliphatic rings. The molecule has 6 heteroatoms. The van der Waals surface area contributed by atoms with E-state index in [2.05, 4.69) is 45.3 Å². The first kappa shape index (κ1) is 34.2. The number of unbranched alkanes of at least 4 members (excludes halogenated alkanes) is 1. The minimum atomic E-state index is -0.850. The molecular weight excluding hydrogens is 522 g/mol. The predicted molar refractivity (Wildman–Crippen MR) is 173 cm³/mol. The second-order valence-corrected chi connectivity index (χ2v) is 16.1. The van der Waals surface area contributed by atoms with Crippen LogP contribution in [0.2, 0.25) is 0 Å². The van der Waals surface area contributed by atoms with Crippen LogP contribution in [0.3, 0.4) is 0 Å². The molecule has 0 aliphatic heterocycles. The van der Waals surface area contributed by atoms with Gasteiger partial charge in [0.1, 0.15) is 6.10 Å². The van der Waals surface area contributed by atoms with Crippen LogP contribution in [-0.4, -0.2) is 55.0 Å². The second kappa shape index (κ2) is 14.6. The highest BCUT2D eigenvalue weighted by Crippen LogP contribution is 2.69. The first-order valence-electron chi connectivity index (χ1n) is 18.0. The van der Waals surface area contributed by atoms with E-state index < -0.39 is 5.60 Å². The highest BCUT2D eigenvalue weighted by atomic mass is 16.5. The number of nitrogens with one attached hydrogen (secondary N) is 2. The van der Waals surface area contributed by atoms with Crippen molar-refractivity contribution in [2.24, 2.45) is 52.1 Å². The highest BCUT2D eigenvalue weighted by Gasteiger charge is 2.67. The summed E-state index contributed by atoms with van der Waals surface area (Å²) >= 11 is 0. The van der Waals surface area contributed by atoms with Crippen molar-refractivity contribution in [3.8, 4) is 0 Å². The summed E-state index contributed by atoms with van der Waals surface area (Å²) in [5, 5.41) is 20.2. The summed E-state index contributed by atoms with van der Waals surface area (Å²) in [6, 6.07) is 0.0456. The fourth-order valence-electron chi connectivity index (χ4n) is 10.9. The summed E-state index contributed by atoms with van der Waals surface area (Å²) < 4.78 is 5.75. The number of carbonyl (C=O) groups excluding carboxylic acids is 1. The summed E-state index contributed by atoms with van der Waals surface area (Å²) in [4.78, 5) is 11.9. The number of nitrogens with two attached hydrogens (primary N) is 1. The van der Waals surface area contributed by atoms with Gasteiger partial charge in [-0.1, -0.05) is 53.9 Å². The van der Waals surface area contributed by atoms with Gasteiger partial charge >= 0.3 is 5.97 Å². The Balaban J connectivity index is 1.49. The standard InChI is InChI=1S/C36H67N3O3/c1-25(2)11-9-12-26(3)30-13-14-31-29-23-33(39-22-10-21-38-20-8-7-19-37)36(41)24-28(42-27(4)40)15-18-35(36,6)32(29)16-17-34(30,31)5/h25-26,28-33,38-39,41H,7-24,37H2,1-6H3/t26-,28+,29?,30-,31+,32+,33-,34-,35-,36+/m1/s1. The Labute approximate surface area is 258 Å². The largest absolute Gasteiger partial charge is 0.462 e. The van der Waals surface area contributed by atoms with Crippen molar-refractivity contribution >= 4 is 5.97 Å². The lowest BCUT2D eigenvalue weighted by Gasteiger charge is -2.66. The van der Waals surface area contributed by atoms with Crippen molar-refractivity contribution in [2.75, 3.05) is 26.2 Å². The Kier molecular flexibility index (Phi) is 11.9. The van der Waals surface area contributed by atoms with E-state index in [4.69, 9.17) is 10.5 Å². The number of aliphatic hydroxyl groups is 1. The molecule has 4 fully saturated rings. The van der Waals surface area contributed by atoms with Gasteiger partial charge in [0.15, 0.2) is 0 Å². The van der Waals surface area contributed by atoms with Crippen molar-refractivity contribution in [2.45, 2.75) is 149 Å². The minimum Gasteiger partial charge on any atom is -0.462 e. The van der Waals surface area contributed by atoms with Crippen LogP contribution in [0.5, 0.6) is 0 Å². The van der Waals surface area contributed by atoms with Gasteiger partial charge in [0, 0.05) is 24.8 Å². The lowest BCUT2D eigenvalue weighted by atomic mass is 9.42. The number of hydrogen-bond acceptors (Lipinski definition) is 6.